The maximum Gasteiger partial charge on any atom is 0.335 e. The number of carboxylic acids is 1. The molecule has 0 aliphatic rings. The van der Waals surface area contributed by atoms with Gasteiger partial charge in [0.25, 0.3) is 0 Å². The molecule has 0 aliphatic carbocycles. The molecule has 158 valence electrons. The number of benzene rings is 2. The van der Waals surface area contributed by atoms with Gasteiger partial charge in [0.2, 0.25) is 10.0 Å². The Labute approximate surface area is 172 Å². The Hall–Kier alpha value is -2.42. The Morgan fingerprint density at radius 3 is 2.41 bits per heavy atom. The minimum absolute atomic E-state index is 0.0913. The maximum absolute atomic E-state index is 13.0. The first-order chi connectivity index (χ1) is 13.7. The fraction of sp³-hybridized carbons (Fsp3) is 0.381. The van der Waals surface area contributed by atoms with Crippen LogP contribution in [-0.2, 0) is 14.8 Å². The van der Waals surface area contributed by atoms with Crippen molar-refractivity contribution in [3.8, 4) is 0 Å². The predicted octanol–water partition coefficient (Wildman–Crippen LogP) is 3.65. The fourth-order valence-electron chi connectivity index (χ4n) is 2.74. The Kier molecular flexibility index (Phi) is 8.19. The summed E-state index contributed by atoms with van der Waals surface area (Å²) in [4.78, 5) is 11.3. The van der Waals surface area contributed by atoms with Crippen LogP contribution >= 0.6 is 0 Å². The summed E-state index contributed by atoms with van der Waals surface area (Å²) in [5, 5.41) is 12.4. The number of carbonyl (C=O) groups is 1. The molecule has 0 aromatic heterocycles. The van der Waals surface area contributed by atoms with Crippen molar-refractivity contribution in [1.82, 2.24) is 4.72 Å². The lowest BCUT2D eigenvalue weighted by molar-refractivity contribution is 0.0696. The number of rotatable bonds is 11. The molecule has 0 aliphatic heterocycles. The van der Waals surface area contributed by atoms with E-state index in [4.69, 9.17) is 4.74 Å². The van der Waals surface area contributed by atoms with E-state index in [9.17, 15) is 18.3 Å². The lowest BCUT2D eigenvalue weighted by atomic mass is 10.1. The van der Waals surface area contributed by atoms with Gasteiger partial charge in [0.05, 0.1) is 17.4 Å². The third-order valence-electron chi connectivity index (χ3n) is 4.24. The summed E-state index contributed by atoms with van der Waals surface area (Å²) in [7, 11) is -3.96. The zero-order chi connectivity index (χ0) is 21.4. The molecule has 0 radical (unpaired) electrons. The van der Waals surface area contributed by atoms with Gasteiger partial charge in [-0.1, -0.05) is 30.3 Å². The summed E-state index contributed by atoms with van der Waals surface area (Å²) < 4.78 is 34.1. The van der Waals surface area contributed by atoms with Gasteiger partial charge in [-0.3, -0.25) is 0 Å². The van der Waals surface area contributed by atoms with Gasteiger partial charge in [-0.2, -0.15) is 0 Å². The fourth-order valence-corrected chi connectivity index (χ4v) is 4.18. The Morgan fingerprint density at radius 2 is 1.79 bits per heavy atom. The predicted molar refractivity (Wildman–Crippen MR) is 113 cm³/mol. The number of aromatic carboxylic acids is 1. The summed E-state index contributed by atoms with van der Waals surface area (Å²) in [6.45, 7) is 6.67. The second kappa shape index (κ2) is 10.4. The van der Waals surface area contributed by atoms with Gasteiger partial charge in [0.1, 0.15) is 4.90 Å². The highest BCUT2D eigenvalue weighted by Crippen LogP contribution is 2.25. The third-order valence-corrected chi connectivity index (χ3v) is 5.82. The molecule has 2 aromatic carbocycles. The number of anilines is 1. The molecule has 0 spiro atoms. The van der Waals surface area contributed by atoms with Crippen LogP contribution in [0.1, 0.15) is 49.2 Å². The van der Waals surface area contributed by atoms with Crippen molar-refractivity contribution in [3.63, 3.8) is 0 Å². The SMILES string of the molecule is CC(C)OCCCNc1ccc(C(=O)O)cc1S(=O)(=O)NC(C)c1ccccc1. The Morgan fingerprint density at radius 1 is 1.10 bits per heavy atom. The average Bonchev–Trinajstić information content (AvgIpc) is 2.67. The van der Waals surface area contributed by atoms with Crippen LogP contribution in [0.3, 0.4) is 0 Å². The van der Waals surface area contributed by atoms with E-state index in [1.807, 2.05) is 44.2 Å². The largest absolute Gasteiger partial charge is 0.478 e. The van der Waals surface area contributed by atoms with Crippen LogP contribution in [0.4, 0.5) is 5.69 Å². The Balaban J connectivity index is 2.22. The number of ether oxygens (including phenoxy) is 1. The van der Waals surface area contributed by atoms with Crippen molar-refractivity contribution in [2.75, 3.05) is 18.5 Å². The monoisotopic (exact) mass is 420 g/mol. The second-order valence-corrected chi connectivity index (χ2v) is 8.65. The van der Waals surface area contributed by atoms with E-state index in [1.54, 1.807) is 6.92 Å². The van der Waals surface area contributed by atoms with Crippen molar-refractivity contribution in [1.29, 1.82) is 0 Å². The summed E-state index contributed by atoms with van der Waals surface area (Å²) in [6.07, 6.45) is 0.816. The molecule has 1 atom stereocenters. The van der Waals surface area contributed by atoms with E-state index >= 15 is 0 Å². The number of sulfonamides is 1. The van der Waals surface area contributed by atoms with Gasteiger partial charge in [0, 0.05) is 19.2 Å². The van der Waals surface area contributed by atoms with Crippen LogP contribution in [0.2, 0.25) is 0 Å². The van der Waals surface area contributed by atoms with Gasteiger partial charge in [-0.15, -0.1) is 0 Å². The molecule has 0 saturated carbocycles. The van der Waals surface area contributed by atoms with Gasteiger partial charge in [-0.05, 0) is 51.0 Å². The molecule has 1 unspecified atom stereocenters. The van der Waals surface area contributed by atoms with E-state index in [0.717, 1.165) is 5.56 Å². The molecule has 7 nitrogen and oxygen atoms in total. The first-order valence-electron chi connectivity index (χ1n) is 9.51. The molecule has 2 aromatic rings. The third kappa shape index (κ3) is 6.85. The number of carboxylic acid groups (broad SMARTS) is 1. The molecule has 8 heteroatoms. The normalized spacial score (nSPS) is 12.7. The quantitative estimate of drug-likeness (QED) is 0.479. The highest BCUT2D eigenvalue weighted by Gasteiger charge is 2.23. The highest BCUT2D eigenvalue weighted by molar-refractivity contribution is 7.89. The highest BCUT2D eigenvalue weighted by atomic mass is 32.2. The Bertz CT molecular complexity index is 914. The molecule has 0 heterocycles. The standard InChI is InChI=1S/C21H28N2O5S/c1-15(2)28-13-7-12-22-19-11-10-18(21(24)25)14-20(19)29(26,27)23-16(3)17-8-5-4-6-9-17/h4-6,8-11,14-16,22-23H,7,12-13H2,1-3H3,(H,24,25). The van der Waals surface area contributed by atoms with Crippen LogP contribution in [0.25, 0.3) is 0 Å². The number of hydrogen-bond donors (Lipinski definition) is 3. The van der Waals surface area contributed by atoms with Crippen molar-refractivity contribution >= 4 is 21.7 Å². The van der Waals surface area contributed by atoms with Gasteiger partial charge in [0.15, 0.2) is 0 Å². The first kappa shape index (κ1) is 22.9. The first-order valence-corrected chi connectivity index (χ1v) is 11.0. The minimum Gasteiger partial charge on any atom is -0.478 e. The van der Waals surface area contributed by atoms with E-state index in [-0.39, 0.29) is 16.6 Å². The minimum atomic E-state index is -3.96. The lowest BCUT2D eigenvalue weighted by Crippen LogP contribution is -2.28. The molecule has 2 rings (SSSR count). The van der Waals surface area contributed by atoms with E-state index in [2.05, 4.69) is 10.0 Å². The molecule has 0 saturated heterocycles. The van der Waals surface area contributed by atoms with E-state index in [0.29, 0.717) is 25.3 Å². The summed E-state index contributed by atoms with van der Waals surface area (Å²) >= 11 is 0. The van der Waals surface area contributed by atoms with Crippen LogP contribution in [0, 0.1) is 0 Å². The molecule has 3 N–H and O–H groups in total. The van der Waals surface area contributed by atoms with E-state index in [1.165, 1.54) is 18.2 Å². The molecule has 0 amide bonds. The van der Waals surface area contributed by atoms with Gasteiger partial charge >= 0.3 is 5.97 Å². The summed E-state index contributed by atoms with van der Waals surface area (Å²) in [5.74, 6) is -1.19. The molecular formula is C21H28N2O5S. The van der Waals surface area contributed by atoms with Crippen LogP contribution in [0.5, 0.6) is 0 Å². The van der Waals surface area contributed by atoms with Gasteiger partial charge in [-0.25, -0.2) is 17.9 Å². The summed E-state index contributed by atoms with van der Waals surface area (Å²) in [5.41, 5.74) is 1.07. The van der Waals surface area contributed by atoms with Crippen molar-refractivity contribution in [3.05, 3.63) is 59.7 Å². The number of hydrogen-bond acceptors (Lipinski definition) is 5. The molecule has 0 bridgehead atoms. The zero-order valence-corrected chi connectivity index (χ0v) is 17.7. The van der Waals surface area contributed by atoms with Crippen LogP contribution in [0.15, 0.2) is 53.4 Å². The maximum atomic E-state index is 13.0. The van der Waals surface area contributed by atoms with Crippen LogP contribution < -0.4 is 10.0 Å². The van der Waals surface area contributed by atoms with Crippen molar-refractivity contribution < 1.29 is 23.1 Å². The smallest absolute Gasteiger partial charge is 0.335 e. The molecule has 29 heavy (non-hydrogen) atoms. The second-order valence-electron chi connectivity index (χ2n) is 6.97. The topological polar surface area (TPSA) is 105 Å². The van der Waals surface area contributed by atoms with Crippen molar-refractivity contribution in [2.24, 2.45) is 0 Å². The average molecular weight is 421 g/mol. The lowest BCUT2D eigenvalue weighted by Gasteiger charge is -2.18. The van der Waals surface area contributed by atoms with Gasteiger partial charge < -0.3 is 15.2 Å². The van der Waals surface area contributed by atoms with Crippen LogP contribution in [-0.4, -0.2) is 38.7 Å². The van der Waals surface area contributed by atoms with E-state index < -0.39 is 22.0 Å². The summed E-state index contributed by atoms with van der Waals surface area (Å²) in [6, 6.07) is 12.7. The number of nitrogens with one attached hydrogen (secondary N) is 2. The molecule has 0 fully saturated rings. The zero-order valence-electron chi connectivity index (χ0n) is 16.9. The van der Waals surface area contributed by atoms with Crippen molar-refractivity contribution in [2.45, 2.75) is 44.2 Å². The molecular weight excluding hydrogens is 392 g/mol.